The number of aliphatic hydroxyl groups is 1. The van der Waals surface area contributed by atoms with Crippen LogP contribution < -0.4 is 0 Å². The number of carbonyl (C=O) groups excluding carboxylic acids is 1. The number of carboxylic acid groups (broad SMARTS) is 1. The topological polar surface area (TPSA) is 74.6 Å². The second kappa shape index (κ2) is 17.2. The molecule has 0 aromatic rings. The predicted octanol–water partition coefficient (Wildman–Crippen LogP) is 10.2. The zero-order valence-electron chi connectivity index (χ0n) is 27.1. The van der Waals surface area contributed by atoms with Gasteiger partial charge in [0.15, 0.2) is 5.78 Å². The third kappa shape index (κ3) is 9.67. The van der Waals surface area contributed by atoms with Gasteiger partial charge in [0.1, 0.15) is 0 Å². The molecule has 4 nitrogen and oxygen atoms in total. The maximum Gasteiger partial charge on any atom is 0.303 e. The fourth-order valence-electron chi connectivity index (χ4n) is 9.18. The van der Waals surface area contributed by atoms with Crippen molar-refractivity contribution in [2.75, 3.05) is 0 Å². The molecule has 6 atom stereocenters. The Morgan fingerprint density at radius 1 is 0.756 bits per heavy atom. The summed E-state index contributed by atoms with van der Waals surface area (Å²) in [7, 11) is 0. The van der Waals surface area contributed by atoms with Gasteiger partial charge in [-0.15, -0.1) is 0 Å². The number of carbonyl (C=O) groups is 2. The lowest BCUT2D eigenvalue weighted by molar-refractivity contribution is -0.137. The van der Waals surface area contributed by atoms with Gasteiger partial charge in [-0.3, -0.25) is 9.59 Å². The van der Waals surface area contributed by atoms with Gasteiger partial charge in [0, 0.05) is 12.8 Å². The van der Waals surface area contributed by atoms with Crippen molar-refractivity contribution >= 4 is 11.8 Å². The Kier molecular flexibility index (Phi) is 14.4. The van der Waals surface area contributed by atoms with Gasteiger partial charge >= 0.3 is 5.97 Å². The number of carboxylic acids is 1. The zero-order chi connectivity index (χ0) is 29.7. The summed E-state index contributed by atoms with van der Waals surface area (Å²) < 4.78 is 0. The van der Waals surface area contributed by atoms with Crippen molar-refractivity contribution in [3.8, 4) is 0 Å². The van der Waals surface area contributed by atoms with Crippen LogP contribution in [0.4, 0.5) is 0 Å². The number of aliphatic hydroxyl groups excluding tert-OH is 1. The number of ketones is 1. The first-order valence-electron chi connectivity index (χ1n) is 17.9. The van der Waals surface area contributed by atoms with Crippen LogP contribution >= 0.6 is 0 Å². The Balaban J connectivity index is 0.000000226. The maximum absolute atomic E-state index is 11.8. The van der Waals surface area contributed by atoms with E-state index in [1.807, 2.05) is 6.08 Å². The number of hydrogen-bond acceptors (Lipinski definition) is 3. The molecule has 0 unspecified atom stereocenters. The smallest absolute Gasteiger partial charge is 0.303 e. The van der Waals surface area contributed by atoms with Crippen molar-refractivity contribution in [3.05, 3.63) is 11.6 Å². The first kappa shape index (κ1) is 34.3. The molecule has 0 aromatic carbocycles. The van der Waals surface area contributed by atoms with Crippen LogP contribution in [0.2, 0.25) is 0 Å². The average Bonchev–Trinajstić information content (AvgIpc) is 3.25. The van der Waals surface area contributed by atoms with Gasteiger partial charge in [-0.1, -0.05) is 116 Å². The molecule has 4 rings (SSSR count). The lowest BCUT2D eigenvalue weighted by Crippen LogP contribution is -2.51. The molecular formula is C37H64O4. The molecule has 236 valence electrons. The number of aliphatic carboxylic acids is 1. The molecule has 4 aliphatic rings. The minimum atomic E-state index is -0.653. The Morgan fingerprint density at radius 2 is 1.32 bits per heavy atom. The van der Waals surface area contributed by atoms with Crippen molar-refractivity contribution in [2.24, 2.45) is 28.6 Å². The molecule has 4 aliphatic carbocycles. The number of fused-ring (bicyclic) bond motifs is 5. The van der Waals surface area contributed by atoms with E-state index in [-0.39, 0.29) is 16.9 Å². The molecule has 41 heavy (non-hydrogen) atoms. The number of hydrogen-bond donors (Lipinski definition) is 2. The average molecular weight is 573 g/mol. The van der Waals surface area contributed by atoms with Crippen LogP contribution in [-0.2, 0) is 9.59 Å². The van der Waals surface area contributed by atoms with Crippen molar-refractivity contribution in [3.63, 3.8) is 0 Å². The van der Waals surface area contributed by atoms with Gasteiger partial charge in [-0.05, 0) is 86.0 Å². The summed E-state index contributed by atoms with van der Waals surface area (Å²) in [5, 5.41) is 19.0. The Bertz CT molecular complexity index is 833. The van der Waals surface area contributed by atoms with E-state index in [2.05, 4.69) is 20.8 Å². The molecule has 0 saturated heterocycles. The minimum Gasteiger partial charge on any atom is -0.481 e. The molecule has 0 spiro atoms. The number of unbranched alkanes of at least 4 members (excludes halogenated alkanes) is 14. The van der Waals surface area contributed by atoms with Gasteiger partial charge in [-0.25, -0.2) is 0 Å². The molecule has 3 fully saturated rings. The van der Waals surface area contributed by atoms with Crippen LogP contribution in [0.5, 0.6) is 0 Å². The quantitative estimate of drug-likeness (QED) is 0.180. The molecule has 2 N–H and O–H groups in total. The molecule has 0 aliphatic heterocycles. The summed E-state index contributed by atoms with van der Waals surface area (Å²) in [5.74, 6) is 1.92. The number of allylic oxidation sites excluding steroid dienone is 1. The Morgan fingerprint density at radius 3 is 1.88 bits per heavy atom. The van der Waals surface area contributed by atoms with E-state index >= 15 is 0 Å². The van der Waals surface area contributed by atoms with E-state index in [0.29, 0.717) is 18.1 Å². The predicted molar refractivity (Wildman–Crippen MR) is 170 cm³/mol. The third-order valence-corrected chi connectivity index (χ3v) is 11.9. The lowest BCUT2D eigenvalue weighted by atomic mass is 9.47. The first-order chi connectivity index (χ1) is 19.7. The van der Waals surface area contributed by atoms with Gasteiger partial charge < -0.3 is 10.2 Å². The standard InChI is InChI=1S/C19H28O2.C18H36O2/c1-18-9-7-13(20)11-12(18)3-4-14-15-5-6-17(21)19(15,2)10-8-16(14)18;1-2-3-4-5-6-7-8-9-10-11-12-13-14-15-16-17-18(19)20/h11,14-17,21H,3-10H2,1-2H3;2-17H2,1H3,(H,19,20)/t14-,15-,16-,17-,18-,19-;/m0./s1. The molecule has 0 amide bonds. The van der Waals surface area contributed by atoms with E-state index in [1.165, 1.54) is 115 Å². The van der Waals surface area contributed by atoms with Crippen LogP contribution in [0.3, 0.4) is 0 Å². The van der Waals surface area contributed by atoms with Gasteiger partial charge in [-0.2, -0.15) is 0 Å². The van der Waals surface area contributed by atoms with E-state index in [1.54, 1.807) is 0 Å². The lowest BCUT2D eigenvalue weighted by Gasteiger charge is -2.57. The summed E-state index contributed by atoms with van der Waals surface area (Å²) in [6.07, 6.45) is 30.9. The fourth-order valence-corrected chi connectivity index (χ4v) is 9.18. The van der Waals surface area contributed by atoms with Gasteiger partial charge in [0.05, 0.1) is 6.10 Å². The second-order valence-electron chi connectivity index (χ2n) is 14.7. The van der Waals surface area contributed by atoms with Gasteiger partial charge in [0.2, 0.25) is 0 Å². The molecule has 0 bridgehead atoms. The molecule has 3 saturated carbocycles. The molecule has 4 heteroatoms. The largest absolute Gasteiger partial charge is 0.481 e. The van der Waals surface area contributed by atoms with Crippen LogP contribution in [0.1, 0.15) is 175 Å². The zero-order valence-corrected chi connectivity index (χ0v) is 27.1. The van der Waals surface area contributed by atoms with E-state index in [4.69, 9.17) is 5.11 Å². The van der Waals surface area contributed by atoms with Crippen LogP contribution in [0.15, 0.2) is 11.6 Å². The van der Waals surface area contributed by atoms with Crippen molar-refractivity contribution in [1.29, 1.82) is 0 Å². The Labute approximate surface area is 252 Å². The molecule has 0 aromatic heterocycles. The van der Waals surface area contributed by atoms with Crippen molar-refractivity contribution < 1.29 is 19.8 Å². The third-order valence-electron chi connectivity index (χ3n) is 11.9. The van der Waals surface area contributed by atoms with Crippen LogP contribution in [-0.4, -0.2) is 28.1 Å². The second-order valence-corrected chi connectivity index (χ2v) is 14.7. The summed E-state index contributed by atoms with van der Waals surface area (Å²) in [6, 6.07) is 0. The maximum atomic E-state index is 11.8. The van der Waals surface area contributed by atoms with E-state index < -0.39 is 5.97 Å². The monoisotopic (exact) mass is 572 g/mol. The normalized spacial score (nSPS) is 32.3. The summed E-state index contributed by atoms with van der Waals surface area (Å²) in [5.41, 5.74) is 1.89. The van der Waals surface area contributed by atoms with Gasteiger partial charge in [0.25, 0.3) is 0 Å². The minimum absolute atomic E-state index is 0.0823. The SMILES string of the molecule is CCCCCCCCCCCCCCCCCC(=O)O.C[C@]12CC[C@H]3[C@@H](CCC4=CC(=O)CC[C@@]43C)[C@@H]1CC[C@@H]2O. The summed E-state index contributed by atoms with van der Waals surface area (Å²) in [6.45, 7) is 7.03. The highest BCUT2D eigenvalue weighted by Gasteiger charge is 2.58. The highest BCUT2D eigenvalue weighted by atomic mass is 16.4. The Hall–Kier alpha value is -1.16. The van der Waals surface area contributed by atoms with Crippen LogP contribution in [0, 0.1) is 28.6 Å². The molecule has 0 radical (unpaired) electrons. The highest BCUT2D eigenvalue weighted by molar-refractivity contribution is 5.91. The fraction of sp³-hybridized carbons (Fsp3) is 0.892. The van der Waals surface area contributed by atoms with Crippen molar-refractivity contribution in [1.82, 2.24) is 0 Å². The molecule has 0 heterocycles. The number of rotatable bonds is 16. The van der Waals surface area contributed by atoms with Crippen LogP contribution in [0.25, 0.3) is 0 Å². The highest BCUT2D eigenvalue weighted by Crippen LogP contribution is 2.65. The van der Waals surface area contributed by atoms with E-state index in [0.717, 1.165) is 50.4 Å². The summed E-state index contributed by atoms with van der Waals surface area (Å²) >= 11 is 0. The summed E-state index contributed by atoms with van der Waals surface area (Å²) in [4.78, 5) is 22.1. The first-order valence-corrected chi connectivity index (χ1v) is 17.9. The van der Waals surface area contributed by atoms with E-state index in [9.17, 15) is 14.7 Å². The van der Waals surface area contributed by atoms with Crippen molar-refractivity contribution in [2.45, 2.75) is 181 Å². The molecular weight excluding hydrogens is 508 g/mol.